The Hall–Kier alpha value is -6.89. The molecule has 0 aliphatic carbocycles. The molecule has 6 aromatic heterocycles. The molecule has 0 radical (unpaired) electrons. The van der Waals surface area contributed by atoms with Gasteiger partial charge in [-0.1, -0.05) is 48.5 Å². The van der Waals surface area contributed by atoms with Crippen LogP contribution in [-0.4, -0.2) is 44.6 Å². The van der Waals surface area contributed by atoms with Crippen LogP contribution in [0.5, 0.6) is 0 Å². The van der Waals surface area contributed by atoms with E-state index in [4.69, 9.17) is 0 Å². The fourth-order valence-corrected chi connectivity index (χ4v) is 8.16. The van der Waals surface area contributed by atoms with Crippen LogP contribution in [0.2, 0.25) is 0 Å². The molecule has 0 aliphatic heterocycles. The van der Waals surface area contributed by atoms with E-state index in [1.165, 1.54) is 6.26 Å². The first-order valence-electron chi connectivity index (χ1n) is 19.3. The van der Waals surface area contributed by atoms with Crippen LogP contribution in [0, 0.1) is 14.9 Å². The summed E-state index contributed by atoms with van der Waals surface area (Å²) in [5.41, 5.74) is 8.51. The minimum Gasteiger partial charge on any atom is -0.340 e. The molecule has 0 aliphatic rings. The smallest absolute Gasteiger partial charge is 0.175 e. The van der Waals surface area contributed by atoms with E-state index in [9.17, 15) is 13.7 Å². The first-order valence-corrected chi connectivity index (χ1v) is 22.2. The SMILES string of the molecule is CS(=O)(=O)c1cccc(Nc2ncccc2CC(c2cccnc2)c2cccnc2)c1.N#Cc1cccc(I)c1Nc1ncccc1CC(c1cccnc1)c1cccnc1. The number of nitriles is 1. The van der Waals surface area contributed by atoms with Crippen molar-refractivity contribution in [3.05, 3.63) is 220 Å². The number of anilines is 4. The number of para-hydroxylation sites is 1. The molecule has 6 heterocycles. The summed E-state index contributed by atoms with van der Waals surface area (Å²) in [4.78, 5) is 26.5. The molecule has 0 saturated carbocycles. The van der Waals surface area contributed by atoms with Gasteiger partial charge >= 0.3 is 0 Å². The third-order valence-electron chi connectivity index (χ3n) is 9.88. The van der Waals surface area contributed by atoms with Crippen LogP contribution in [0.4, 0.5) is 23.0 Å². The molecule has 11 nitrogen and oxygen atoms in total. The maximum Gasteiger partial charge on any atom is 0.175 e. The number of halogens is 1. The number of nitrogens with one attached hydrogen (secondary N) is 2. The van der Waals surface area contributed by atoms with Gasteiger partial charge in [-0.3, -0.25) is 19.9 Å². The third kappa shape index (κ3) is 11.2. The normalized spacial score (nSPS) is 11.0. The summed E-state index contributed by atoms with van der Waals surface area (Å²) < 4.78 is 24.8. The molecule has 0 bridgehead atoms. The quantitative estimate of drug-likeness (QED) is 0.106. The summed E-state index contributed by atoms with van der Waals surface area (Å²) in [6.07, 6.45) is 20.7. The number of hydrogen-bond acceptors (Lipinski definition) is 11. The van der Waals surface area contributed by atoms with Crippen molar-refractivity contribution in [2.75, 3.05) is 16.9 Å². The zero-order chi connectivity index (χ0) is 42.4. The molecule has 8 aromatic rings. The lowest BCUT2D eigenvalue weighted by Crippen LogP contribution is -2.09. The zero-order valence-corrected chi connectivity index (χ0v) is 36.0. The van der Waals surface area contributed by atoms with Gasteiger partial charge in [-0.05, 0) is 136 Å². The van der Waals surface area contributed by atoms with Crippen LogP contribution in [0.1, 0.15) is 50.8 Å². The zero-order valence-electron chi connectivity index (χ0n) is 33.0. The molecular weight excluding hydrogens is 894 g/mol. The van der Waals surface area contributed by atoms with Gasteiger partial charge < -0.3 is 10.6 Å². The molecular formula is C48H40IN9O2S. The number of benzene rings is 2. The van der Waals surface area contributed by atoms with Gasteiger partial charge in [0.05, 0.1) is 16.1 Å². The summed E-state index contributed by atoms with van der Waals surface area (Å²) in [6.45, 7) is 0. The molecule has 8 rings (SSSR count). The fourth-order valence-electron chi connectivity index (χ4n) is 6.86. The van der Waals surface area contributed by atoms with Crippen LogP contribution in [0.3, 0.4) is 0 Å². The van der Waals surface area contributed by atoms with Crippen molar-refractivity contribution in [3.63, 3.8) is 0 Å². The molecule has 13 heteroatoms. The highest BCUT2D eigenvalue weighted by atomic mass is 127. The Balaban J connectivity index is 0.000000184. The predicted octanol–water partition coefficient (Wildman–Crippen LogP) is 9.86. The Labute approximate surface area is 369 Å². The van der Waals surface area contributed by atoms with Crippen molar-refractivity contribution >= 4 is 55.4 Å². The number of hydrogen-bond donors (Lipinski definition) is 2. The molecule has 2 N–H and O–H groups in total. The highest BCUT2D eigenvalue weighted by Gasteiger charge is 2.20. The van der Waals surface area contributed by atoms with Crippen molar-refractivity contribution in [1.82, 2.24) is 29.9 Å². The molecule has 0 amide bonds. The van der Waals surface area contributed by atoms with E-state index < -0.39 is 9.84 Å². The highest BCUT2D eigenvalue weighted by Crippen LogP contribution is 2.33. The van der Waals surface area contributed by atoms with Crippen molar-refractivity contribution in [2.45, 2.75) is 29.6 Å². The van der Waals surface area contributed by atoms with Gasteiger partial charge in [0.2, 0.25) is 0 Å². The van der Waals surface area contributed by atoms with E-state index in [0.717, 1.165) is 54.9 Å². The maximum absolute atomic E-state index is 11.9. The number of sulfone groups is 1. The Morgan fingerprint density at radius 3 is 1.49 bits per heavy atom. The van der Waals surface area contributed by atoms with Crippen molar-refractivity contribution in [2.24, 2.45) is 0 Å². The highest BCUT2D eigenvalue weighted by molar-refractivity contribution is 14.1. The lowest BCUT2D eigenvalue weighted by atomic mass is 9.87. The van der Waals surface area contributed by atoms with E-state index in [-0.39, 0.29) is 16.7 Å². The van der Waals surface area contributed by atoms with Crippen molar-refractivity contribution < 1.29 is 8.42 Å². The van der Waals surface area contributed by atoms with Crippen LogP contribution in [0.25, 0.3) is 0 Å². The van der Waals surface area contributed by atoms with Crippen molar-refractivity contribution in [1.29, 1.82) is 5.26 Å². The molecule has 61 heavy (non-hydrogen) atoms. The molecule has 0 fully saturated rings. The van der Waals surface area contributed by atoms with E-state index in [1.807, 2.05) is 85.5 Å². The third-order valence-corrected chi connectivity index (χ3v) is 11.9. The van der Waals surface area contributed by atoms with Crippen LogP contribution >= 0.6 is 22.6 Å². The minimum absolute atomic E-state index is 0.0505. The number of aromatic nitrogens is 6. The summed E-state index contributed by atoms with van der Waals surface area (Å²) in [5.74, 6) is 1.57. The largest absolute Gasteiger partial charge is 0.340 e. The van der Waals surface area contributed by atoms with E-state index >= 15 is 0 Å². The minimum atomic E-state index is -3.29. The van der Waals surface area contributed by atoms with Gasteiger partial charge in [0, 0.05) is 89.3 Å². The van der Waals surface area contributed by atoms with Gasteiger partial charge in [0.25, 0.3) is 0 Å². The number of nitrogens with zero attached hydrogens (tertiary/aromatic N) is 7. The Morgan fingerprint density at radius 2 is 1.05 bits per heavy atom. The van der Waals surface area contributed by atoms with Gasteiger partial charge in [-0.25, -0.2) is 18.4 Å². The number of pyridine rings is 6. The molecule has 0 spiro atoms. The Bertz CT molecular complexity index is 2750. The first kappa shape index (κ1) is 42.2. The maximum atomic E-state index is 11.9. The van der Waals surface area contributed by atoms with Gasteiger partial charge in [-0.2, -0.15) is 5.26 Å². The summed E-state index contributed by atoms with van der Waals surface area (Å²) >= 11 is 2.23. The van der Waals surface area contributed by atoms with Crippen LogP contribution < -0.4 is 10.6 Å². The molecule has 2 aromatic carbocycles. The second kappa shape index (κ2) is 20.4. The van der Waals surface area contributed by atoms with E-state index in [1.54, 1.807) is 61.4 Å². The van der Waals surface area contributed by atoms with Crippen LogP contribution in [0.15, 0.2) is 182 Å². The van der Waals surface area contributed by atoms with E-state index in [0.29, 0.717) is 23.5 Å². The molecule has 0 saturated heterocycles. The lowest BCUT2D eigenvalue weighted by molar-refractivity contribution is 0.602. The fraction of sp³-hybridized carbons (Fsp3) is 0.104. The average molecular weight is 934 g/mol. The second-order valence-electron chi connectivity index (χ2n) is 14.0. The molecule has 0 unspecified atom stereocenters. The molecule has 0 atom stereocenters. The predicted molar refractivity (Wildman–Crippen MR) is 247 cm³/mol. The monoisotopic (exact) mass is 933 g/mol. The van der Waals surface area contributed by atoms with Gasteiger partial charge in [0.1, 0.15) is 17.7 Å². The standard InChI is InChI=1S/C24H18IN5.C24H22N4O2S/c25-22-9-1-5-18(14-26)23(22)30-24-17(6-4-12-29-24)13-21(19-7-2-10-27-15-19)20-8-3-11-28-16-20;1-31(29,30)22-10-2-9-21(15-22)28-24-18(6-5-13-27-24)14-23(19-7-3-11-25-16-19)20-8-4-12-26-17-20/h1-12,15-16,21H,13H2,(H,29,30);2-13,15-17,23H,14H2,1H3,(H,27,28). The topological polar surface area (TPSA) is 159 Å². The Morgan fingerprint density at radius 1 is 0.590 bits per heavy atom. The van der Waals surface area contributed by atoms with Crippen LogP contribution in [-0.2, 0) is 22.7 Å². The average Bonchev–Trinajstić information content (AvgIpc) is 3.30. The lowest BCUT2D eigenvalue weighted by Gasteiger charge is -2.20. The second-order valence-corrected chi connectivity index (χ2v) is 17.2. The molecule has 302 valence electrons. The summed E-state index contributed by atoms with van der Waals surface area (Å²) in [5, 5.41) is 16.2. The van der Waals surface area contributed by atoms with Crippen molar-refractivity contribution in [3.8, 4) is 6.07 Å². The van der Waals surface area contributed by atoms with Gasteiger partial charge in [-0.15, -0.1) is 0 Å². The summed E-state index contributed by atoms with van der Waals surface area (Å²) in [6, 6.07) is 38.6. The number of rotatable bonds is 13. The van der Waals surface area contributed by atoms with Gasteiger partial charge in [0.15, 0.2) is 9.84 Å². The Kier molecular flexibility index (Phi) is 14.1. The van der Waals surface area contributed by atoms with E-state index in [2.05, 4.69) is 99.5 Å². The summed E-state index contributed by atoms with van der Waals surface area (Å²) in [7, 11) is -3.29. The first-order chi connectivity index (χ1) is 29.8.